The summed E-state index contributed by atoms with van der Waals surface area (Å²) in [7, 11) is 0. The fourth-order valence-corrected chi connectivity index (χ4v) is 1.79. The molecule has 6 nitrogen and oxygen atoms in total. The van der Waals surface area contributed by atoms with Crippen LogP contribution in [0.3, 0.4) is 0 Å². The second-order valence-electron chi connectivity index (χ2n) is 4.35. The summed E-state index contributed by atoms with van der Waals surface area (Å²) >= 11 is 0. The summed E-state index contributed by atoms with van der Waals surface area (Å²) in [5, 5.41) is 17.8. The molecule has 0 aliphatic carbocycles. The van der Waals surface area contributed by atoms with Gasteiger partial charge < -0.3 is 10.4 Å². The van der Waals surface area contributed by atoms with Crippen molar-refractivity contribution in [1.29, 1.82) is 0 Å². The average Bonchev–Trinajstić information content (AvgIpc) is 2.48. The van der Waals surface area contributed by atoms with Gasteiger partial charge in [0, 0.05) is 6.07 Å². The topological polar surface area (TPSA) is 95.1 Å². The molecular weight excluding hydrogens is 258 g/mol. The van der Waals surface area contributed by atoms with Crippen molar-refractivity contribution in [3.8, 4) is 0 Å². The van der Waals surface area contributed by atoms with Gasteiger partial charge in [0.2, 0.25) is 0 Å². The van der Waals surface area contributed by atoms with Crippen LogP contribution in [0.1, 0.15) is 16.1 Å². The molecule has 1 heterocycles. The summed E-state index contributed by atoms with van der Waals surface area (Å²) in [6, 6.07) is 11.7. The van der Waals surface area contributed by atoms with E-state index >= 15 is 0 Å². The third kappa shape index (κ3) is 3.76. The number of nitrogens with one attached hydrogen (secondary N) is 2. The highest BCUT2D eigenvalue weighted by atomic mass is 16.3. The Bertz CT molecular complexity index is 605. The number of aliphatic hydroxyl groups excluding tert-OH is 1. The number of aromatic amines is 1. The van der Waals surface area contributed by atoms with Crippen molar-refractivity contribution in [3.63, 3.8) is 0 Å². The van der Waals surface area contributed by atoms with Gasteiger partial charge in [-0.25, -0.2) is 5.10 Å². The Kier molecular flexibility index (Phi) is 4.62. The maximum atomic E-state index is 11.9. The number of benzene rings is 1. The highest BCUT2D eigenvalue weighted by Crippen LogP contribution is 2.03. The van der Waals surface area contributed by atoms with E-state index in [2.05, 4.69) is 15.5 Å². The van der Waals surface area contributed by atoms with Gasteiger partial charge in [0.1, 0.15) is 5.69 Å². The maximum Gasteiger partial charge on any atom is 0.272 e. The third-order valence-corrected chi connectivity index (χ3v) is 2.79. The van der Waals surface area contributed by atoms with Crippen LogP contribution in [0.25, 0.3) is 0 Å². The first-order valence-corrected chi connectivity index (χ1v) is 6.20. The molecule has 3 N–H and O–H groups in total. The lowest BCUT2D eigenvalue weighted by Gasteiger charge is -2.15. The smallest absolute Gasteiger partial charge is 0.272 e. The van der Waals surface area contributed by atoms with Gasteiger partial charge in [0.25, 0.3) is 11.5 Å². The van der Waals surface area contributed by atoms with Gasteiger partial charge >= 0.3 is 0 Å². The molecule has 1 aromatic heterocycles. The van der Waals surface area contributed by atoms with E-state index in [9.17, 15) is 14.7 Å². The van der Waals surface area contributed by atoms with Crippen molar-refractivity contribution in [2.75, 3.05) is 6.61 Å². The summed E-state index contributed by atoms with van der Waals surface area (Å²) in [6.07, 6.45) is 0.520. The van der Waals surface area contributed by atoms with Crippen molar-refractivity contribution in [2.45, 2.75) is 12.5 Å². The lowest BCUT2D eigenvalue weighted by Crippen LogP contribution is -2.39. The van der Waals surface area contributed by atoms with Crippen LogP contribution in [0.5, 0.6) is 0 Å². The summed E-state index contributed by atoms with van der Waals surface area (Å²) in [6.45, 7) is -0.177. The van der Waals surface area contributed by atoms with Crippen LogP contribution in [0, 0.1) is 0 Å². The molecule has 1 amide bonds. The van der Waals surface area contributed by atoms with Crippen molar-refractivity contribution < 1.29 is 9.90 Å². The lowest BCUT2D eigenvalue weighted by atomic mass is 10.1. The van der Waals surface area contributed by atoms with Crippen LogP contribution in [0.15, 0.2) is 47.3 Å². The summed E-state index contributed by atoms with van der Waals surface area (Å²) in [5.41, 5.74) is 0.752. The molecule has 0 bridgehead atoms. The first-order valence-electron chi connectivity index (χ1n) is 6.20. The first-order chi connectivity index (χ1) is 9.69. The highest BCUT2D eigenvalue weighted by molar-refractivity contribution is 5.92. The zero-order valence-corrected chi connectivity index (χ0v) is 10.7. The van der Waals surface area contributed by atoms with E-state index in [1.807, 2.05) is 30.3 Å². The molecule has 0 radical (unpaired) electrons. The van der Waals surface area contributed by atoms with Gasteiger partial charge in [-0.05, 0) is 18.1 Å². The molecule has 0 fully saturated rings. The van der Waals surface area contributed by atoms with Crippen molar-refractivity contribution in [3.05, 3.63) is 64.1 Å². The SMILES string of the molecule is O=C(N[C@H](CO)Cc1ccccc1)c1ccc(=O)[nH]n1. The Morgan fingerprint density at radius 3 is 2.60 bits per heavy atom. The molecule has 2 rings (SSSR count). The average molecular weight is 273 g/mol. The predicted octanol–water partition coefficient (Wildman–Crippen LogP) is 0.103. The third-order valence-electron chi connectivity index (χ3n) is 2.79. The molecule has 0 saturated heterocycles. The normalized spacial score (nSPS) is 11.8. The highest BCUT2D eigenvalue weighted by Gasteiger charge is 2.14. The predicted molar refractivity (Wildman–Crippen MR) is 73.3 cm³/mol. The van der Waals surface area contributed by atoms with Gasteiger partial charge in [-0.15, -0.1) is 0 Å². The zero-order chi connectivity index (χ0) is 14.4. The lowest BCUT2D eigenvalue weighted by molar-refractivity contribution is 0.0910. The van der Waals surface area contributed by atoms with Crippen LogP contribution in [0.4, 0.5) is 0 Å². The Hall–Kier alpha value is -2.47. The molecule has 0 aliphatic rings. The molecule has 0 unspecified atom stereocenters. The van der Waals surface area contributed by atoms with Crippen molar-refractivity contribution in [2.24, 2.45) is 0 Å². The van der Waals surface area contributed by atoms with Crippen molar-refractivity contribution >= 4 is 5.91 Å². The molecule has 0 spiro atoms. The fraction of sp³-hybridized carbons (Fsp3) is 0.214. The number of hydrogen-bond acceptors (Lipinski definition) is 4. The molecule has 0 saturated carbocycles. The number of amides is 1. The van der Waals surface area contributed by atoms with Crippen LogP contribution in [0.2, 0.25) is 0 Å². The number of rotatable bonds is 5. The van der Waals surface area contributed by atoms with Gasteiger partial charge in [0.05, 0.1) is 12.6 Å². The number of nitrogens with zero attached hydrogens (tertiary/aromatic N) is 1. The molecule has 2 aromatic rings. The van der Waals surface area contributed by atoms with E-state index < -0.39 is 11.9 Å². The van der Waals surface area contributed by atoms with Gasteiger partial charge in [-0.2, -0.15) is 5.10 Å². The largest absolute Gasteiger partial charge is 0.394 e. The second-order valence-corrected chi connectivity index (χ2v) is 4.35. The number of aromatic nitrogens is 2. The minimum absolute atomic E-state index is 0.108. The first kappa shape index (κ1) is 14.0. The molecule has 1 aromatic carbocycles. The Balaban J connectivity index is 2.01. The van der Waals surface area contributed by atoms with Gasteiger partial charge in [0.15, 0.2) is 0 Å². The molecule has 1 atom stereocenters. The molecule has 20 heavy (non-hydrogen) atoms. The second kappa shape index (κ2) is 6.63. The van der Waals surface area contributed by atoms with E-state index in [4.69, 9.17) is 0 Å². The van der Waals surface area contributed by atoms with Crippen LogP contribution in [-0.2, 0) is 6.42 Å². The van der Waals surface area contributed by atoms with E-state index in [0.717, 1.165) is 5.56 Å². The number of carbonyl (C=O) groups is 1. The Morgan fingerprint density at radius 2 is 2.00 bits per heavy atom. The van der Waals surface area contributed by atoms with Crippen LogP contribution < -0.4 is 10.9 Å². The van der Waals surface area contributed by atoms with Crippen molar-refractivity contribution in [1.82, 2.24) is 15.5 Å². The number of hydrogen-bond donors (Lipinski definition) is 3. The van der Waals surface area contributed by atoms with E-state index in [0.29, 0.717) is 6.42 Å². The molecular formula is C14H15N3O3. The monoisotopic (exact) mass is 273 g/mol. The van der Waals surface area contributed by atoms with Gasteiger partial charge in [-0.1, -0.05) is 30.3 Å². The maximum absolute atomic E-state index is 11.9. The zero-order valence-electron chi connectivity index (χ0n) is 10.7. The van der Waals surface area contributed by atoms with E-state index in [1.54, 1.807) is 0 Å². The summed E-state index contributed by atoms with van der Waals surface area (Å²) in [4.78, 5) is 22.8. The summed E-state index contributed by atoms with van der Waals surface area (Å²) in [5.74, 6) is -0.434. The Labute approximate surface area is 115 Å². The minimum Gasteiger partial charge on any atom is -0.394 e. The number of aliphatic hydroxyl groups is 1. The summed E-state index contributed by atoms with van der Waals surface area (Å²) < 4.78 is 0. The van der Waals surface area contributed by atoms with Crippen LogP contribution in [-0.4, -0.2) is 33.9 Å². The standard InChI is InChI=1S/C14H15N3O3/c18-9-11(8-10-4-2-1-3-5-10)15-14(20)12-6-7-13(19)17-16-12/h1-7,11,18H,8-9H2,(H,15,20)(H,17,19)/t11-/m0/s1. The molecule has 0 aliphatic heterocycles. The Morgan fingerprint density at radius 1 is 1.25 bits per heavy atom. The molecule has 6 heteroatoms. The van der Waals surface area contributed by atoms with E-state index in [1.165, 1.54) is 12.1 Å². The molecule has 104 valence electrons. The van der Waals surface area contributed by atoms with Gasteiger partial charge in [-0.3, -0.25) is 9.59 Å². The number of carbonyl (C=O) groups excluding carboxylic acids is 1. The number of H-pyrrole nitrogens is 1. The fourth-order valence-electron chi connectivity index (χ4n) is 1.79. The van der Waals surface area contributed by atoms with Crippen LogP contribution >= 0.6 is 0 Å². The quantitative estimate of drug-likeness (QED) is 0.720. The minimum atomic E-state index is -0.434. The van der Waals surface area contributed by atoms with E-state index in [-0.39, 0.29) is 17.9 Å².